The molecule has 1 aliphatic carbocycles. The van der Waals surface area contributed by atoms with Crippen molar-refractivity contribution in [2.24, 2.45) is 0 Å². The predicted molar refractivity (Wildman–Crippen MR) is 104 cm³/mol. The lowest BCUT2D eigenvalue weighted by Crippen LogP contribution is -2.37. The van der Waals surface area contributed by atoms with Crippen molar-refractivity contribution < 1.29 is 19.4 Å². The summed E-state index contributed by atoms with van der Waals surface area (Å²) in [6.07, 6.45) is 7.89. The summed E-state index contributed by atoms with van der Waals surface area (Å²) in [7, 11) is 0. The summed E-state index contributed by atoms with van der Waals surface area (Å²) in [5, 5.41) is 12.7. The van der Waals surface area contributed by atoms with E-state index in [0.29, 0.717) is 30.2 Å². The third-order valence-corrected chi connectivity index (χ3v) is 5.38. The first kappa shape index (κ1) is 20.2. The monoisotopic (exact) mass is 393 g/mol. The van der Waals surface area contributed by atoms with Crippen molar-refractivity contribution >= 4 is 17.5 Å². The van der Waals surface area contributed by atoms with Crippen LogP contribution in [0.4, 0.5) is 0 Å². The molecule has 0 spiro atoms. The normalized spacial score (nSPS) is 23.0. The second kappa shape index (κ2) is 10.1. The number of aliphatic hydroxyl groups excluding tert-OH is 1. The van der Waals surface area contributed by atoms with E-state index in [1.165, 1.54) is 0 Å². The van der Waals surface area contributed by atoms with E-state index in [1.54, 1.807) is 0 Å². The van der Waals surface area contributed by atoms with Gasteiger partial charge in [-0.25, -0.2) is 0 Å². The number of carbonyl (C=O) groups is 1. The fourth-order valence-electron chi connectivity index (χ4n) is 3.62. The summed E-state index contributed by atoms with van der Waals surface area (Å²) in [6.45, 7) is 0.646. The number of rotatable bonds is 8. The first-order valence-corrected chi connectivity index (χ1v) is 10.2. The fourth-order valence-corrected chi connectivity index (χ4v) is 3.74. The van der Waals surface area contributed by atoms with Crippen LogP contribution < -0.4 is 5.32 Å². The maximum Gasteiger partial charge on any atom is 0.286 e. The molecule has 6 heteroatoms. The summed E-state index contributed by atoms with van der Waals surface area (Å²) >= 11 is 6.00. The third kappa shape index (κ3) is 5.96. The highest BCUT2D eigenvalue weighted by Crippen LogP contribution is 2.32. The van der Waals surface area contributed by atoms with E-state index in [4.69, 9.17) is 26.2 Å². The molecule has 0 saturated heterocycles. The Labute approximate surface area is 165 Å². The van der Waals surface area contributed by atoms with Crippen molar-refractivity contribution in [3.63, 3.8) is 0 Å². The van der Waals surface area contributed by atoms with E-state index in [-0.39, 0.29) is 24.5 Å². The van der Waals surface area contributed by atoms with Gasteiger partial charge in [0.05, 0.1) is 6.61 Å². The molecule has 1 aliphatic heterocycles. The molecule has 5 nitrogen and oxygen atoms in total. The molecule has 1 amide bonds. The van der Waals surface area contributed by atoms with Gasteiger partial charge in [0, 0.05) is 30.0 Å². The van der Waals surface area contributed by atoms with Crippen molar-refractivity contribution in [2.45, 2.75) is 63.2 Å². The largest absolute Gasteiger partial charge is 0.459 e. The second-order valence-electron chi connectivity index (χ2n) is 7.23. The minimum atomic E-state index is -0.473. The minimum Gasteiger partial charge on any atom is -0.459 e. The number of allylic oxidation sites excluding steroid dienone is 1. The van der Waals surface area contributed by atoms with Crippen molar-refractivity contribution in [3.8, 4) is 0 Å². The van der Waals surface area contributed by atoms with E-state index in [2.05, 4.69) is 5.32 Å². The molecule has 0 aromatic heterocycles. The Hall–Kier alpha value is -1.56. The Morgan fingerprint density at radius 1 is 1.22 bits per heavy atom. The Morgan fingerprint density at radius 2 is 1.96 bits per heavy atom. The molecular weight excluding hydrogens is 366 g/mol. The van der Waals surface area contributed by atoms with Gasteiger partial charge in [0.15, 0.2) is 5.76 Å². The van der Waals surface area contributed by atoms with E-state index in [9.17, 15) is 4.79 Å². The van der Waals surface area contributed by atoms with Gasteiger partial charge >= 0.3 is 0 Å². The van der Waals surface area contributed by atoms with Crippen LogP contribution in [0.1, 0.15) is 56.4 Å². The van der Waals surface area contributed by atoms with Crippen molar-refractivity contribution in [1.82, 2.24) is 5.32 Å². The van der Waals surface area contributed by atoms with Gasteiger partial charge in [0.2, 0.25) is 6.29 Å². The third-order valence-electron chi connectivity index (χ3n) is 5.13. The lowest BCUT2D eigenvalue weighted by Gasteiger charge is -2.30. The van der Waals surface area contributed by atoms with E-state index >= 15 is 0 Å². The van der Waals surface area contributed by atoms with Crippen molar-refractivity contribution in [2.75, 3.05) is 13.2 Å². The summed E-state index contributed by atoms with van der Waals surface area (Å²) in [5.74, 6) is 0.202. The Balaban J connectivity index is 1.69. The van der Waals surface area contributed by atoms with Crippen LogP contribution in [0.25, 0.3) is 0 Å². The van der Waals surface area contributed by atoms with Crippen LogP contribution in [0.15, 0.2) is 36.1 Å². The van der Waals surface area contributed by atoms with Crippen LogP contribution in [-0.2, 0) is 14.3 Å². The number of ether oxygens (including phenoxy) is 2. The van der Waals surface area contributed by atoms with Gasteiger partial charge < -0.3 is 19.9 Å². The second-order valence-corrected chi connectivity index (χ2v) is 7.66. The van der Waals surface area contributed by atoms with E-state index in [1.807, 2.05) is 30.3 Å². The molecule has 2 aliphatic rings. The molecule has 0 radical (unpaired) electrons. The molecule has 2 N–H and O–H groups in total. The summed E-state index contributed by atoms with van der Waals surface area (Å²) in [4.78, 5) is 12.7. The molecule has 1 aromatic carbocycles. The molecule has 148 valence electrons. The zero-order chi connectivity index (χ0) is 19.1. The smallest absolute Gasteiger partial charge is 0.286 e. The Kier molecular flexibility index (Phi) is 7.56. The molecule has 1 fully saturated rings. The summed E-state index contributed by atoms with van der Waals surface area (Å²) in [6, 6.07) is 7.90. The molecule has 0 bridgehead atoms. The number of amides is 1. The number of benzene rings is 1. The lowest BCUT2D eigenvalue weighted by atomic mass is 9.93. The van der Waals surface area contributed by atoms with Crippen LogP contribution in [0.3, 0.4) is 0 Å². The topological polar surface area (TPSA) is 67.8 Å². The van der Waals surface area contributed by atoms with Gasteiger partial charge in [-0.1, -0.05) is 36.6 Å². The van der Waals surface area contributed by atoms with Crippen LogP contribution in [0, 0.1) is 0 Å². The van der Waals surface area contributed by atoms with Crippen LogP contribution in [-0.4, -0.2) is 36.6 Å². The Bertz CT molecular complexity index is 640. The highest BCUT2D eigenvalue weighted by Gasteiger charge is 2.30. The van der Waals surface area contributed by atoms with Gasteiger partial charge in [-0.15, -0.1) is 0 Å². The van der Waals surface area contributed by atoms with Gasteiger partial charge in [0.1, 0.15) is 0 Å². The quantitative estimate of drug-likeness (QED) is 0.657. The molecule has 0 unspecified atom stereocenters. The Morgan fingerprint density at radius 3 is 2.67 bits per heavy atom. The summed E-state index contributed by atoms with van der Waals surface area (Å²) < 4.78 is 11.7. The van der Waals surface area contributed by atoms with Gasteiger partial charge in [-0.3, -0.25) is 4.79 Å². The molecule has 1 aromatic rings. The van der Waals surface area contributed by atoms with E-state index in [0.717, 1.165) is 37.7 Å². The molecule has 1 saturated carbocycles. The fraction of sp³-hybridized carbons (Fsp3) is 0.571. The first-order valence-electron chi connectivity index (χ1n) is 9.83. The molecule has 1 heterocycles. The average molecular weight is 394 g/mol. The van der Waals surface area contributed by atoms with Crippen LogP contribution in [0.2, 0.25) is 5.02 Å². The van der Waals surface area contributed by atoms with Crippen LogP contribution >= 0.6 is 11.6 Å². The predicted octanol–water partition coefficient (Wildman–Crippen LogP) is 3.90. The highest BCUT2D eigenvalue weighted by atomic mass is 35.5. The number of unbranched alkanes of at least 4 members (excludes halogenated alkanes) is 1. The maximum atomic E-state index is 12.7. The maximum absolute atomic E-state index is 12.7. The number of aliphatic hydroxyl groups is 1. The van der Waals surface area contributed by atoms with Crippen LogP contribution in [0.5, 0.6) is 0 Å². The number of nitrogens with one attached hydrogen (secondary N) is 1. The zero-order valence-corrected chi connectivity index (χ0v) is 16.3. The molecule has 3 rings (SSSR count). The molecular formula is C21H28ClNO4. The molecule has 27 heavy (non-hydrogen) atoms. The number of hydrogen-bond acceptors (Lipinski definition) is 4. The standard InChI is InChI=1S/C21H28ClNO4/c22-17-9-7-15(8-10-17)16-13-19(21(25)23-18-5-1-2-6-18)27-20(14-16)26-12-4-3-11-24/h7-10,13,16,18,20,24H,1-6,11-12,14H2,(H,23,25)/t16-,20+/m1/s1. The van der Waals surface area contributed by atoms with Crippen molar-refractivity contribution in [3.05, 3.63) is 46.7 Å². The van der Waals surface area contributed by atoms with Crippen molar-refractivity contribution in [1.29, 1.82) is 0 Å². The van der Waals surface area contributed by atoms with Gasteiger partial charge in [-0.2, -0.15) is 0 Å². The SMILES string of the molecule is O=C(NC1CCCC1)C1=C[C@@H](c2ccc(Cl)cc2)C[C@@H](OCCCCO)O1. The number of halogens is 1. The zero-order valence-electron chi connectivity index (χ0n) is 15.5. The summed E-state index contributed by atoms with van der Waals surface area (Å²) in [5.41, 5.74) is 1.08. The lowest BCUT2D eigenvalue weighted by molar-refractivity contribution is -0.146. The van der Waals surface area contributed by atoms with Gasteiger partial charge in [-0.05, 0) is 49.5 Å². The molecule has 2 atom stereocenters. The van der Waals surface area contributed by atoms with Gasteiger partial charge in [0.25, 0.3) is 5.91 Å². The number of hydrogen-bond donors (Lipinski definition) is 2. The first-order chi connectivity index (χ1) is 13.2. The average Bonchev–Trinajstić information content (AvgIpc) is 3.18. The minimum absolute atomic E-state index is 0.0307. The van der Waals surface area contributed by atoms with E-state index < -0.39 is 6.29 Å². The highest BCUT2D eigenvalue weighted by molar-refractivity contribution is 6.30. The number of carbonyl (C=O) groups excluding carboxylic acids is 1.